The molecule has 0 saturated carbocycles. The van der Waals surface area contributed by atoms with Crippen molar-refractivity contribution in [2.24, 2.45) is 0 Å². The third-order valence-corrected chi connectivity index (χ3v) is 6.15. The zero-order chi connectivity index (χ0) is 17.5. The van der Waals surface area contributed by atoms with E-state index < -0.39 is 21.9 Å². The van der Waals surface area contributed by atoms with Crippen molar-refractivity contribution in [3.05, 3.63) is 53.3 Å². The van der Waals surface area contributed by atoms with Crippen LogP contribution in [0.1, 0.15) is 23.7 Å². The fraction of sp³-hybridized carbons (Fsp3) is 0.294. The van der Waals surface area contributed by atoms with Crippen molar-refractivity contribution in [1.29, 1.82) is 0 Å². The van der Waals surface area contributed by atoms with Gasteiger partial charge in [0, 0.05) is 18.2 Å². The highest BCUT2D eigenvalue weighted by Crippen LogP contribution is 2.39. The number of aliphatic hydroxyl groups excluding tert-OH is 1. The number of benzene rings is 2. The first kappa shape index (κ1) is 16.7. The fourth-order valence-corrected chi connectivity index (χ4v) is 4.64. The summed E-state index contributed by atoms with van der Waals surface area (Å²) in [6.45, 7) is 1.70. The van der Waals surface area contributed by atoms with Crippen LogP contribution in [0, 0.1) is 12.7 Å². The van der Waals surface area contributed by atoms with Gasteiger partial charge in [-0.05, 0) is 43.2 Å². The normalized spacial score (nSPS) is 17.5. The topological polar surface area (TPSA) is 66.8 Å². The number of fused-ring (bicyclic) bond motifs is 1. The molecule has 1 atom stereocenters. The molecule has 0 fully saturated rings. The summed E-state index contributed by atoms with van der Waals surface area (Å²) in [6, 6.07) is 8.53. The van der Waals surface area contributed by atoms with Crippen molar-refractivity contribution < 1.29 is 22.7 Å². The average Bonchev–Trinajstić information content (AvgIpc) is 2.54. The smallest absolute Gasteiger partial charge is 0.264 e. The van der Waals surface area contributed by atoms with E-state index in [-0.39, 0.29) is 11.4 Å². The first-order valence-corrected chi connectivity index (χ1v) is 8.93. The molecule has 1 N–H and O–H groups in total. The van der Waals surface area contributed by atoms with Crippen LogP contribution in [0.25, 0.3) is 0 Å². The van der Waals surface area contributed by atoms with Gasteiger partial charge >= 0.3 is 0 Å². The molecule has 1 aliphatic heterocycles. The van der Waals surface area contributed by atoms with Crippen LogP contribution in [-0.2, 0) is 10.0 Å². The molecule has 0 spiro atoms. The van der Waals surface area contributed by atoms with Gasteiger partial charge in [0.2, 0.25) is 0 Å². The number of hydrogen-bond acceptors (Lipinski definition) is 4. The third-order valence-electron chi connectivity index (χ3n) is 4.18. The molecule has 24 heavy (non-hydrogen) atoms. The number of aryl methyl sites for hydroxylation is 1. The standard InChI is InChI=1S/C17H18FNO4S/c1-11-9-12(18)3-6-17(11)24(21,22)19-8-7-16(20)14-5-4-13(23-2)10-15(14)19/h3-6,9-10,16,20H,7-8H2,1-2H3. The predicted octanol–water partition coefficient (Wildman–Crippen LogP) is 2.78. The van der Waals surface area contributed by atoms with Crippen LogP contribution in [0.5, 0.6) is 5.75 Å². The minimum Gasteiger partial charge on any atom is -0.497 e. The Balaban J connectivity index is 2.14. The van der Waals surface area contributed by atoms with Gasteiger partial charge < -0.3 is 9.84 Å². The number of anilines is 1. The van der Waals surface area contributed by atoms with Crippen LogP contribution in [0.3, 0.4) is 0 Å². The molecular weight excluding hydrogens is 333 g/mol. The third kappa shape index (κ3) is 2.74. The SMILES string of the molecule is COc1ccc2c(c1)N(S(=O)(=O)c1ccc(F)cc1C)CCC2O. The molecule has 1 aliphatic rings. The first-order valence-electron chi connectivity index (χ1n) is 7.49. The maximum atomic E-state index is 13.3. The number of halogens is 1. The molecule has 1 heterocycles. The second-order valence-electron chi connectivity index (χ2n) is 5.72. The Hall–Kier alpha value is -2.12. The Morgan fingerprint density at radius 2 is 2.00 bits per heavy atom. The van der Waals surface area contributed by atoms with E-state index >= 15 is 0 Å². The summed E-state index contributed by atoms with van der Waals surface area (Å²) in [5, 5.41) is 10.2. The molecule has 128 valence electrons. The summed E-state index contributed by atoms with van der Waals surface area (Å²) in [7, 11) is -2.38. The minimum atomic E-state index is -3.87. The molecule has 1 unspecified atom stereocenters. The Bertz CT molecular complexity index is 882. The van der Waals surface area contributed by atoms with E-state index in [0.29, 0.717) is 29.0 Å². The maximum Gasteiger partial charge on any atom is 0.264 e. The van der Waals surface area contributed by atoms with Gasteiger partial charge in [0.05, 0.1) is 23.8 Å². The van der Waals surface area contributed by atoms with E-state index in [0.717, 1.165) is 6.07 Å². The van der Waals surface area contributed by atoms with Crippen molar-refractivity contribution in [2.75, 3.05) is 18.0 Å². The number of aliphatic hydroxyl groups is 1. The predicted molar refractivity (Wildman–Crippen MR) is 88.2 cm³/mol. The second kappa shape index (κ2) is 6.07. The number of methoxy groups -OCH3 is 1. The van der Waals surface area contributed by atoms with Crippen molar-refractivity contribution in [1.82, 2.24) is 0 Å². The molecule has 3 rings (SSSR count). The summed E-state index contributed by atoms with van der Waals surface area (Å²) in [4.78, 5) is 0.0501. The summed E-state index contributed by atoms with van der Waals surface area (Å²) in [5.41, 5.74) is 1.26. The lowest BCUT2D eigenvalue weighted by Crippen LogP contribution is -2.37. The monoisotopic (exact) mass is 351 g/mol. The van der Waals surface area contributed by atoms with Crippen LogP contribution < -0.4 is 9.04 Å². The lowest BCUT2D eigenvalue weighted by Gasteiger charge is -2.33. The van der Waals surface area contributed by atoms with E-state index in [4.69, 9.17) is 4.74 Å². The zero-order valence-corrected chi connectivity index (χ0v) is 14.2. The molecule has 7 heteroatoms. The van der Waals surface area contributed by atoms with Crippen LogP contribution in [-0.4, -0.2) is 27.2 Å². The van der Waals surface area contributed by atoms with Gasteiger partial charge in [-0.3, -0.25) is 4.31 Å². The highest BCUT2D eigenvalue weighted by atomic mass is 32.2. The van der Waals surface area contributed by atoms with E-state index in [1.807, 2.05) is 0 Å². The fourth-order valence-electron chi connectivity index (χ4n) is 2.93. The average molecular weight is 351 g/mol. The summed E-state index contributed by atoms with van der Waals surface area (Å²) >= 11 is 0. The second-order valence-corrected chi connectivity index (χ2v) is 7.55. The molecular formula is C17H18FNO4S. The van der Waals surface area contributed by atoms with Crippen molar-refractivity contribution in [3.63, 3.8) is 0 Å². The molecule has 0 saturated heterocycles. The lowest BCUT2D eigenvalue weighted by atomic mass is 10.0. The van der Waals surface area contributed by atoms with Gasteiger partial charge in [-0.2, -0.15) is 0 Å². The van der Waals surface area contributed by atoms with Gasteiger partial charge in [-0.25, -0.2) is 12.8 Å². The largest absolute Gasteiger partial charge is 0.497 e. The van der Waals surface area contributed by atoms with Crippen LogP contribution in [0.4, 0.5) is 10.1 Å². The van der Waals surface area contributed by atoms with Gasteiger partial charge in [0.25, 0.3) is 10.0 Å². The summed E-state index contributed by atoms with van der Waals surface area (Å²) in [6.07, 6.45) is -0.439. The van der Waals surface area contributed by atoms with Crippen LogP contribution >= 0.6 is 0 Å². The first-order chi connectivity index (χ1) is 11.3. The molecule has 0 aliphatic carbocycles. The minimum absolute atomic E-state index is 0.0501. The van der Waals surface area contributed by atoms with Crippen LogP contribution in [0.2, 0.25) is 0 Å². The Morgan fingerprint density at radius 3 is 2.67 bits per heavy atom. The molecule has 0 amide bonds. The molecule has 5 nitrogen and oxygen atoms in total. The van der Waals surface area contributed by atoms with Gasteiger partial charge in [0.15, 0.2) is 0 Å². The number of nitrogens with zero attached hydrogens (tertiary/aromatic N) is 1. The Labute approximate surface area is 140 Å². The van der Waals surface area contributed by atoms with Gasteiger partial charge in [-0.15, -0.1) is 0 Å². The molecule has 0 bridgehead atoms. The number of hydrogen-bond donors (Lipinski definition) is 1. The quantitative estimate of drug-likeness (QED) is 0.923. The van der Waals surface area contributed by atoms with E-state index in [9.17, 15) is 17.9 Å². The van der Waals surface area contributed by atoms with Crippen molar-refractivity contribution >= 4 is 15.7 Å². The Kier molecular flexibility index (Phi) is 4.23. The number of rotatable bonds is 3. The maximum absolute atomic E-state index is 13.3. The molecule has 2 aromatic rings. The highest BCUT2D eigenvalue weighted by Gasteiger charge is 2.33. The van der Waals surface area contributed by atoms with E-state index in [1.54, 1.807) is 25.1 Å². The molecule has 2 aromatic carbocycles. The van der Waals surface area contributed by atoms with Gasteiger partial charge in [-0.1, -0.05) is 6.07 Å². The number of sulfonamides is 1. The van der Waals surface area contributed by atoms with Crippen LogP contribution in [0.15, 0.2) is 41.3 Å². The summed E-state index contributed by atoms with van der Waals surface area (Å²) < 4.78 is 45.9. The van der Waals surface area contributed by atoms with Crippen molar-refractivity contribution in [2.45, 2.75) is 24.3 Å². The van der Waals surface area contributed by atoms with Gasteiger partial charge in [0.1, 0.15) is 11.6 Å². The summed E-state index contributed by atoms with van der Waals surface area (Å²) in [5.74, 6) is 0.0152. The number of ether oxygens (including phenoxy) is 1. The lowest BCUT2D eigenvalue weighted by molar-refractivity contribution is 0.166. The molecule has 0 aromatic heterocycles. The van der Waals surface area contributed by atoms with Crippen molar-refractivity contribution in [3.8, 4) is 5.75 Å². The van der Waals surface area contributed by atoms with E-state index in [2.05, 4.69) is 0 Å². The Morgan fingerprint density at radius 1 is 1.25 bits per heavy atom. The zero-order valence-electron chi connectivity index (χ0n) is 13.4. The highest BCUT2D eigenvalue weighted by molar-refractivity contribution is 7.92. The molecule has 0 radical (unpaired) electrons. The van der Waals surface area contributed by atoms with E-state index in [1.165, 1.54) is 23.5 Å².